The molecule has 0 unspecified atom stereocenters. The molecular formula is C10H17NO3S. The third-order valence-electron chi connectivity index (χ3n) is 2.24. The highest BCUT2D eigenvalue weighted by Crippen LogP contribution is 2.03. The number of rotatable bonds is 6. The molecule has 0 aliphatic rings. The van der Waals surface area contributed by atoms with Gasteiger partial charge in [0, 0.05) is 24.2 Å². The smallest absolute Gasteiger partial charge is 0.152 e. The first-order valence-electron chi connectivity index (χ1n) is 5.04. The van der Waals surface area contributed by atoms with Gasteiger partial charge < -0.3 is 9.67 Å². The fraction of sp³-hybridized carbons (Fsp3) is 0.600. The van der Waals surface area contributed by atoms with Crippen molar-refractivity contribution in [2.24, 2.45) is 0 Å². The fourth-order valence-electron chi connectivity index (χ4n) is 1.46. The molecule has 0 fully saturated rings. The van der Waals surface area contributed by atoms with Gasteiger partial charge in [0.15, 0.2) is 9.84 Å². The maximum absolute atomic E-state index is 11.4. The van der Waals surface area contributed by atoms with Crippen LogP contribution in [0.5, 0.6) is 0 Å². The number of aromatic nitrogens is 1. The number of hydrogen-bond donors (Lipinski definition) is 1. The van der Waals surface area contributed by atoms with Crippen molar-refractivity contribution >= 4 is 9.84 Å². The SMILES string of the molecule is CCCS(=O)(=O)CCn1cccc1CO. The molecule has 0 aromatic carbocycles. The maximum atomic E-state index is 11.4. The van der Waals surface area contributed by atoms with Crippen LogP contribution in [0.3, 0.4) is 0 Å². The number of nitrogens with zero attached hydrogens (tertiary/aromatic N) is 1. The number of aryl methyl sites for hydroxylation is 1. The highest BCUT2D eigenvalue weighted by molar-refractivity contribution is 7.91. The summed E-state index contributed by atoms with van der Waals surface area (Å²) in [5, 5.41) is 8.97. The van der Waals surface area contributed by atoms with E-state index in [1.807, 2.05) is 6.92 Å². The van der Waals surface area contributed by atoms with Crippen LogP contribution in [0, 0.1) is 0 Å². The third-order valence-corrected chi connectivity index (χ3v) is 4.08. The Kier molecular flexibility index (Phi) is 4.35. The van der Waals surface area contributed by atoms with E-state index < -0.39 is 9.84 Å². The molecule has 1 aromatic rings. The minimum Gasteiger partial charge on any atom is -0.390 e. The van der Waals surface area contributed by atoms with Crippen molar-refractivity contribution in [1.82, 2.24) is 4.57 Å². The van der Waals surface area contributed by atoms with E-state index in [-0.39, 0.29) is 18.1 Å². The van der Waals surface area contributed by atoms with Crippen molar-refractivity contribution in [3.05, 3.63) is 24.0 Å². The van der Waals surface area contributed by atoms with Crippen molar-refractivity contribution in [3.63, 3.8) is 0 Å². The van der Waals surface area contributed by atoms with Crippen molar-refractivity contribution < 1.29 is 13.5 Å². The van der Waals surface area contributed by atoms with Gasteiger partial charge in [-0.25, -0.2) is 8.42 Å². The molecule has 0 spiro atoms. The van der Waals surface area contributed by atoms with Crippen LogP contribution in [0.15, 0.2) is 18.3 Å². The van der Waals surface area contributed by atoms with Gasteiger partial charge in [-0.15, -0.1) is 0 Å². The number of hydrogen-bond acceptors (Lipinski definition) is 3. The number of aliphatic hydroxyl groups excluding tert-OH is 1. The van der Waals surface area contributed by atoms with Crippen LogP contribution in [0.1, 0.15) is 19.0 Å². The Morgan fingerprint density at radius 3 is 2.73 bits per heavy atom. The molecule has 4 nitrogen and oxygen atoms in total. The van der Waals surface area contributed by atoms with Crippen LogP contribution >= 0.6 is 0 Å². The van der Waals surface area contributed by atoms with Gasteiger partial charge >= 0.3 is 0 Å². The Balaban J connectivity index is 2.57. The zero-order chi connectivity index (χ0) is 11.3. The van der Waals surface area contributed by atoms with Crippen LogP contribution < -0.4 is 0 Å². The van der Waals surface area contributed by atoms with Crippen molar-refractivity contribution in [3.8, 4) is 0 Å². The topological polar surface area (TPSA) is 59.3 Å². The molecule has 1 N–H and O–H groups in total. The van der Waals surface area contributed by atoms with Crippen LogP contribution in [-0.2, 0) is 23.0 Å². The zero-order valence-electron chi connectivity index (χ0n) is 8.89. The van der Waals surface area contributed by atoms with Crippen LogP contribution in [-0.4, -0.2) is 29.6 Å². The van der Waals surface area contributed by atoms with E-state index in [1.165, 1.54) is 0 Å². The average Bonchev–Trinajstić information content (AvgIpc) is 2.62. The lowest BCUT2D eigenvalue weighted by Gasteiger charge is -2.07. The average molecular weight is 231 g/mol. The Morgan fingerprint density at radius 1 is 1.40 bits per heavy atom. The van der Waals surface area contributed by atoms with E-state index in [9.17, 15) is 8.42 Å². The summed E-state index contributed by atoms with van der Waals surface area (Å²) in [6, 6.07) is 3.59. The molecule has 1 rings (SSSR count). The van der Waals surface area contributed by atoms with E-state index in [0.29, 0.717) is 13.0 Å². The predicted molar refractivity (Wildman–Crippen MR) is 59.3 cm³/mol. The van der Waals surface area contributed by atoms with Crippen LogP contribution in [0.25, 0.3) is 0 Å². The second kappa shape index (κ2) is 5.32. The summed E-state index contributed by atoms with van der Waals surface area (Å²) in [4.78, 5) is 0. The monoisotopic (exact) mass is 231 g/mol. The molecule has 0 saturated carbocycles. The van der Waals surface area contributed by atoms with Crippen LogP contribution in [0.2, 0.25) is 0 Å². The lowest BCUT2D eigenvalue weighted by molar-refractivity contribution is 0.271. The first kappa shape index (κ1) is 12.3. The number of sulfone groups is 1. The highest BCUT2D eigenvalue weighted by atomic mass is 32.2. The maximum Gasteiger partial charge on any atom is 0.152 e. The molecule has 5 heteroatoms. The Hall–Kier alpha value is -0.810. The van der Waals surface area contributed by atoms with E-state index in [4.69, 9.17) is 5.11 Å². The molecule has 86 valence electrons. The van der Waals surface area contributed by atoms with Gasteiger partial charge in [-0.3, -0.25) is 0 Å². The lowest BCUT2D eigenvalue weighted by Crippen LogP contribution is -2.16. The van der Waals surface area contributed by atoms with Gasteiger partial charge in [0.05, 0.1) is 12.4 Å². The first-order chi connectivity index (χ1) is 7.09. The van der Waals surface area contributed by atoms with Gasteiger partial charge in [0.25, 0.3) is 0 Å². The van der Waals surface area contributed by atoms with Crippen molar-refractivity contribution in [1.29, 1.82) is 0 Å². The summed E-state index contributed by atoms with van der Waals surface area (Å²) in [5.41, 5.74) is 0.752. The van der Waals surface area contributed by atoms with E-state index in [1.54, 1.807) is 22.9 Å². The fourth-order valence-corrected chi connectivity index (χ4v) is 2.76. The van der Waals surface area contributed by atoms with Crippen molar-refractivity contribution in [2.75, 3.05) is 11.5 Å². The molecule has 15 heavy (non-hydrogen) atoms. The second-order valence-electron chi connectivity index (χ2n) is 3.50. The van der Waals surface area contributed by atoms with E-state index in [2.05, 4.69) is 0 Å². The third kappa shape index (κ3) is 3.68. The molecule has 1 aromatic heterocycles. The summed E-state index contributed by atoms with van der Waals surface area (Å²) in [5.74, 6) is 0.380. The molecule has 1 heterocycles. The molecule has 0 bridgehead atoms. The van der Waals surface area contributed by atoms with Gasteiger partial charge in [0.2, 0.25) is 0 Å². The van der Waals surface area contributed by atoms with Gasteiger partial charge in [-0.1, -0.05) is 6.92 Å². The molecular weight excluding hydrogens is 214 g/mol. The first-order valence-corrected chi connectivity index (χ1v) is 6.86. The summed E-state index contributed by atoms with van der Waals surface area (Å²) in [7, 11) is -2.94. The molecule has 0 aliphatic carbocycles. The normalized spacial score (nSPS) is 11.9. The number of aliphatic hydroxyl groups is 1. The van der Waals surface area contributed by atoms with Gasteiger partial charge in [-0.2, -0.15) is 0 Å². The summed E-state index contributed by atoms with van der Waals surface area (Å²) >= 11 is 0. The minimum atomic E-state index is -2.94. The van der Waals surface area contributed by atoms with Crippen LogP contribution in [0.4, 0.5) is 0 Å². The quantitative estimate of drug-likeness (QED) is 0.788. The van der Waals surface area contributed by atoms with E-state index >= 15 is 0 Å². The summed E-state index contributed by atoms with van der Waals surface area (Å²) < 4.78 is 24.7. The molecule has 0 atom stereocenters. The van der Waals surface area contributed by atoms with Crippen molar-refractivity contribution in [2.45, 2.75) is 26.5 Å². The standard InChI is InChI=1S/C10H17NO3S/c1-2-7-15(13,14)8-6-11-5-3-4-10(11)9-12/h3-5,12H,2,6-9H2,1H3. The Labute approximate surface area is 90.5 Å². The van der Waals surface area contributed by atoms with Gasteiger partial charge in [0.1, 0.15) is 0 Å². The molecule has 0 saturated heterocycles. The molecule has 0 radical (unpaired) electrons. The second-order valence-corrected chi connectivity index (χ2v) is 5.81. The summed E-state index contributed by atoms with van der Waals surface area (Å²) in [6.45, 7) is 2.22. The lowest BCUT2D eigenvalue weighted by atomic mass is 10.4. The summed E-state index contributed by atoms with van der Waals surface area (Å²) in [6.07, 6.45) is 2.44. The minimum absolute atomic E-state index is 0.0547. The molecule has 0 aliphatic heterocycles. The van der Waals surface area contributed by atoms with Gasteiger partial charge in [-0.05, 0) is 18.6 Å². The zero-order valence-corrected chi connectivity index (χ0v) is 9.70. The Bertz CT molecular complexity index is 395. The highest BCUT2D eigenvalue weighted by Gasteiger charge is 2.10. The largest absolute Gasteiger partial charge is 0.390 e. The molecule has 0 amide bonds. The van der Waals surface area contributed by atoms with E-state index in [0.717, 1.165) is 5.69 Å². The Morgan fingerprint density at radius 2 is 2.13 bits per heavy atom. The predicted octanol–water partition coefficient (Wildman–Crippen LogP) is 0.805.